The summed E-state index contributed by atoms with van der Waals surface area (Å²) in [7, 11) is 3.09. The second-order valence-electron chi connectivity index (χ2n) is 7.29. The largest absolute Gasteiger partial charge is 0.134 e. The molecule has 0 saturated carbocycles. The molecule has 0 spiro atoms. The van der Waals surface area contributed by atoms with Crippen LogP contribution in [0.4, 0.5) is 0 Å². The Morgan fingerprint density at radius 3 is 1.05 bits per heavy atom. The molecule has 0 aliphatic heterocycles. The first-order chi connectivity index (χ1) is 10.8. The van der Waals surface area contributed by atoms with Gasteiger partial charge in [0.2, 0.25) is 0 Å². The van der Waals surface area contributed by atoms with E-state index in [0.29, 0.717) is 0 Å². The molecule has 0 aromatic rings. The van der Waals surface area contributed by atoms with Gasteiger partial charge in [0.25, 0.3) is 0 Å². The second kappa shape index (κ2) is 19.5. The minimum atomic E-state index is 0.889. The van der Waals surface area contributed by atoms with Crippen molar-refractivity contribution < 1.29 is 0 Å². The third-order valence-corrected chi connectivity index (χ3v) is 5.52. The highest BCUT2D eigenvalue weighted by molar-refractivity contribution is 7.17. The molecule has 0 saturated heterocycles. The minimum absolute atomic E-state index is 0.889. The van der Waals surface area contributed by atoms with E-state index in [4.69, 9.17) is 0 Å². The number of rotatable bonds is 18. The molecule has 0 aromatic carbocycles. The summed E-state index contributed by atoms with van der Waals surface area (Å²) >= 11 is 0. The standard InChI is InChI=1S/C21H45P/c1-3-5-7-9-10-11-12-13-14-16-18-20-21(22)19-17-15-8-6-4-2/h21H,3-20,22H2,1-2H3. The summed E-state index contributed by atoms with van der Waals surface area (Å²) in [5.74, 6) is 0. The van der Waals surface area contributed by atoms with E-state index in [1.165, 1.54) is 116 Å². The van der Waals surface area contributed by atoms with Crippen LogP contribution in [0.2, 0.25) is 0 Å². The van der Waals surface area contributed by atoms with Crippen LogP contribution < -0.4 is 0 Å². The Bertz CT molecular complexity index is 190. The van der Waals surface area contributed by atoms with Crippen LogP contribution in [0.15, 0.2) is 0 Å². The lowest BCUT2D eigenvalue weighted by Crippen LogP contribution is -1.97. The maximum atomic E-state index is 3.09. The quantitative estimate of drug-likeness (QED) is 0.175. The summed E-state index contributed by atoms with van der Waals surface area (Å²) in [5.41, 5.74) is 0.889. The van der Waals surface area contributed by atoms with Gasteiger partial charge in [-0.1, -0.05) is 117 Å². The third-order valence-electron chi connectivity index (χ3n) is 4.86. The van der Waals surface area contributed by atoms with Crippen LogP contribution in [0.3, 0.4) is 0 Å². The maximum Gasteiger partial charge on any atom is -0.0264 e. The van der Waals surface area contributed by atoms with Gasteiger partial charge in [0.15, 0.2) is 0 Å². The van der Waals surface area contributed by atoms with Crippen LogP contribution in [-0.2, 0) is 0 Å². The Morgan fingerprint density at radius 1 is 0.455 bits per heavy atom. The molecule has 0 fully saturated rings. The van der Waals surface area contributed by atoms with E-state index in [0.717, 1.165) is 5.66 Å². The van der Waals surface area contributed by atoms with Gasteiger partial charge in [-0.05, 0) is 18.5 Å². The van der Waals surface area contributed by atoms with Crippen molar-refractivity contribution >= 4 is 9.24 Å². The molecule has 2 unspecified atom stereocenters. The van der Waals surface area contributed by atoms with Crippen LogP contribution in [0.1, 0.15) is 129 Å². The third kappa shape index (κ3) is 18.5. The molecule has 22 heavy (non-hydrogen) atoms. The molecule has 134 valence electrons. The first-order valence-electron chi connectivity index (χ1n) is 10.6. The van der Waals surface area contributed by atoms with E-state index >= 15 is 0 Å². The average molecular weight is 329 g/mol. The zero-order valence-electron chi connectivity index (χ0n) is 15.9. The Labute approximate surface area is 144 Å². The summed E-state index contributed by atoms with van der Waals surface area (Å²) in [6, 6.07) is 0. The van der Waals surface area contributed by atoms with Crippen molar-refractivity contribution in [1.82, 2.24) is 0 Å². The lowest BCUT2D eigenvalue weighted by Gasteiger charge is -2.10. The van der Waals surface area contributed by atoms with Crippen molar-refractivity contribution in [3.8, 4) is 0 Å². The average Bonchev–Trinajstić information content (AvgIpc) is 2.52. The number of hydrogen-bond donors (Lipinski definition) is 0. The summed E-state index contributed by atoms with van der Waals surface area (Å²) in [6.45, 7) is 4.59. The fraction of sp³-hybridized carbons (Fsp3) is 1.00. The molecule has 0 nitrogen and oxygen atoms in total. The van der Waals surface area contributed by atoms with Crippen molar-refractivity contribution in [2.45, 2.75) is 135 Å². The lowest BCUT2D eigenvalue weighted by molar-refractivity contribution is 0.529. The highest BCUT2D eigenvalue weighted by Gasteiger charge is 2.02. The van der Waals surface area contributed by atoms with Crippen LogP contribution in [0.25, 0.3) is 0 Å². The van der Waals surface area contributed by atoms with Crippen molar-refractivity contribution in [3.63, 3.8) is 0 Å². The number of hydrogen-bond acceptors (Lipinski definition) is 0. The Balaban J connectivity index is 3.09. The van der Waals surface area contributed by atoms with E-state index in [2.05, 4.69) is 23.1 Å². The van der Waals surface area contributed by atoms with Gasteiger partial charge < -0.3 is 0 Å². The molecular formula is C21H45P. The molecule has 2 atom stereocenters. The molecule has 0 bridgehead atoms. The predicted octanol–water partition coefficient (Wildman–Crippen LogP) is 8.29. The van der Waals surface area contributed by atoms with Gasteiger partial charge in [-0.15, -0.1) is 9.24 Å². The molecule has 0 heterocycles. The molecule has 0 radical (unpaired) electrons. The van der Waals surface area contributed by atoms with E-state index < -0.39 is 0 Å². The Hall–Kier alpha value is 0.430. The maximum absolute atomic E-state index is 3.09. The Kier molecular flexibility index (Phi) is 19.9. The summed E-state index contributed by atoms with van der Waals surface area (Å²) in [5, 5.41) is 0. The van der Waals surface area contributed by atoms with Crippen molar-refractivity contribution in [2.24, 2.45) is 0 Å². The topological polar surface area (TPSA) is 0 Å². The van der Waals surface area contributed by atoms with Crippen molar-refractivity contribution in [2.75, 3.05) is 0 Å². The molecule has 0 amide bonds. The van der Waals surface area contributed by atoms with Gasteiger partial charge >= 0.3 is 0 Å². The summed E-state index contributed by atoms with van der Waals surface area (Å²) < 4.78 is 0. The van der Waals surface area contributed by atoms with Gasteiger partial charge in [-0.2, -0.15) is 0 Å². The zero-order valence-corrected chi connectivity index (χ0v) is 17.0. The van der Waals surface area contributed by atoms with E-state index in [1.54, 1.807) is 0 Å². The fourth-order valence-electron chi connectivity index (χ4n) is 3.23. The van der Waals surface area contributed by atoms with Crippen LogP contribution >= 0.6 is 9.24 Å². The van der Waals surface area contributed by atoms with Gasteiger partial charge in [-0.25, -0.2) is 0 Å². The second-order valence-corrected chi connectivity index (χ2v) is 8.23. The van der Waals surface area contributed by atoms with Crippen LogP contribution in [-0.4, -0.2) is 5.66 Å². The monoisotopic (exact) mass is 328 g/mol. The predicted molar refractivity (Wildman–Crippen MR) is 108 cm³/mol. The van der Waals surface area contributed by atoms with Gasteiger partial charge in [0, 0.05) is 0 Å². The normalized spacial score (nSPS) is 12.7. The Morgan fingerprint density at radius 2 is 0.727 bits per heavy atom. The molecule has 0 aromatic heterocycles. The zero-order chi connectivity index (χ0) is 16.3. The fourth-order valence-corrected chi connectivity index (χ4v) is 3.70. The highest BCUT2D eigenvalue weighted by atomic mass is 31.0. The van der Waals surface area contributed by atoms with Crippen LogP contribution in [0, 0.1) is 0 Å². The first kappa shape index (κ1) is 22.4. The van der Waals surface area contributed by atoms with E-state index in [1.807, 2.05) is 0 Å². The van der Waals surface area contributed by atoms with Gasteiger partial charge in [-0.3, -0.25) is 0 Å². The minimum Gasteiger partial charge on any atom is -0.134 e. The van der Waals surface area contributed by atoms with E-state index in [9.17, 15) is 0 Å². The summed E-state index contributed by atoms with van der Waals surface area (Å²) in [6.07, 6.45) is 26.1. The first-order valence-corrected chi connectivity index (χ1v) is 11.2. The van der Waals surface area contributed by atoms with Crippen molar-refractivity contribution in [1.29, 1.82) is 0 Å². The van der Waals surface area contributed by atoms with E-state index in [-0.39, 0.29) is 0 Å². The van der Waals surface area contributed by atoms with Gasteiger partial charge in [0.05, 0.1) is 0 Å². The molecular weight excluding hydrogens is 283 g/mol. The van der Waals surface area contributed by atoms with Crippen molar-refractivity contribution in [3.05, 3.63) is 0 Å². The molecule has 0 rings (SSSR count). The molecule has 1 heteroatoms. The SMILES string of the molecule is CCCCCCCCCCCCCC(P)CCCCCCC. The van der Waals surface area contributed by atoms with Crippen LogP contribution in [0.5, 0.6) is 0 Å². The highest BCUT2D eigenvalue weighted by Crippen LogP contribution is 2.19. The lowest BCUT2D eigenvalue weighted by atomic mass is 10.0. The summed E-state index contributed by atoms with van der Waals surface area (Å²) in [4.78, 5) is 0. The number of unbranched alkanes of at least 4 members (excludes halogenated alkanes) is 14. The smallest absolute Gasteiger partial charge is 0.0264 e. The molecule has 0 aliphatic carbocycles. The molecule has 0 N–H and O–H groups in total. The molecule has 0 aliphatic rings. The van der Waals surface area contributed by atoms with Gasteiger partial charge in [0.1, 0.15) is 0 Å².